The van der Waals surface area contributed by atoms with Crippen molar-refractivity contribution in [1.82, 2.24) is 4.98 Å². The summed E-state index contributed by atoms with van der Waals surface area (Å²) in [6.45, 7) is 3.80. The third-order valence-electron chi connectivity index (χ3n) is 3.67. The van der Waals surface area contributed by atoms with Gasteiger partial charge in [0.15, 0.2) is 0 Å². The molecule has 0 radical (unpaired) electrons. The first-order chi connectivity index (χ1) is 9.99. The van der Waals surface area contributed by atoms with Crippen LogP contribution >= 0.6 is 11.6 Å². The molecule has 1 fully saturated rings. The number of aryl methyl sites for hydroxylation is 1. The van der Waals surface area contributed by atoms with Crippen molar-refractivity contribution < 1.29 is 9.63 Å². The van der Waals surface area contributed by atoms with Crippen molar-refractivity contribution in [2.45, 2.75) is 25.9 Å². The molecule has 1 unspecified atom stereocenters. The molecule has 0 aliphatic carbocycles. The predicted octanol–water partition coefficient (Wildman–Crippen LogP) is 3.63. The molecule has 2 aromatic rings. The Morgan fingerprint density at radius 1 is 1.38 bits per heavy atom. The zero-order valence-electron chi connectivity index (χ0n) is 11.8. The van der Waals surface area contributed by atoms with Crippen molar-refractivity contribution >= 4 is 23.2 Å². The monoisotopic (exact) mass is 302 g/mol. The highest BCUT2D eigenvalue weighted by atomic mass is 35.5. The van der Waals surface area contributed by atoms with Gasteiger partial charge in [-0.2, -0.15) is 5.06 Å². The second-order valence-corrected chi connectivity index (χ2v) is 5.77. The number of aromatic nitrogens is 1. The van der Waals surface area contributed by atoms with Crippen molar-refractivity contribution in [2.75, 3.05) is 5.06 Å². The van der Waals surface area contributed by atoms with E-state index in [4.69, 9.17) is 16.4 Å². The summed E-state index contributed by atoms with van der Waals surface area (Å²) in [5.74, 6) is -0.0960. The first kappa shape index (κ1) is 14.0. The predicted molar refractivity (Wildman–Crippen MR) is 81.0 cm³/mol. The topological polar surface area (TPSA) is 42.4 Å². The van der Waals surface area contributed by atoms with Crippen LogP contribution in [-0.4, -0.2) is 10.9 Å². The number of pyridine rings is 1. The van der Waals surface area contributed by atoms with Crippen molar-refractivity contribution in [3.8, 4) is 0 Å². The van der Waals surface area contributed by atoms with Crippen LogP contribution < -0.4 is 5.06 Å². The number of amides is 1. The lowest BCUT2D eigenvalue weighted by atomic mass is 9.95. The van der Waals surface area contributed by atoms with Crippen molar-refractivity contribution in [1.29, 1.82) is 0 Å². The summed E-state index contributed by atoms with van der Waals surface area (Å²) in [5.41, 5.74) is 1.77. The van der Waals surface area contributed by atoms with Crippen molar-refractivity contribution in [3.05, 3.63) is 58.9 Å². The van der Waals surface area contributed by atoms with E-state index in [1.165, 1.54) is 5.06 Å². The fourth-order valence-electron chi connectivity index (χ4n) is 2.38. The lowest BCUT2D eigenvalue weighted by molar-refractivity contribution is -0.119. The fraction of sp³-hybridized carbons (Fsp3) is 0.250. The molecule has 108 valence electrons. The average molecular weight is 303 g/mol. The molecular weight excluding hydrogens is 288 g/mol. The standard InChI is InChI=1S/C16H15ClN2O2/c1-11-5-6-13(8-14(11)17)19-15(20)9-16(2,21-19)12-4-3-7-18-10-12/h3-8,10H,9H2,1-2H3. The summed E-state index contributed by atoms with van der Waals surface area (Å²) in [6.07, 6.45) is 3.68. The number of hydroxylamine groups is 1. The maximum absolute atomic E-state index is 12.3. The molecule has 1 saturated heterocycles. The molecule has 2 heterocycles. The maximum Gasteiger partial charge on any atom is 0.254 e. The van der Waals surface area contributed by atoms with Gasteiger partial charge in [0, 0.05) is 23.0 Å². The highest BCUT2D eigenvalue weighted by Gasteiger charge is 2.43. The summed E-state index contributed by atoms with van der Waals surface area (Å²) >= 11 is 6.12. The van der Waals surface area contributed by atoms with E-state index in [9.17, 15) is 4.79 Å². The summed E-state index contributed by atoms with van der Waals surface area (Å²) in [6, 6.07) is 9.18. The average Bonchev–Trinajstić information content (AvgIpc) is 2.79. The number of carbonyl (C=O) groups is 1. The molecule has 4 nitrogen and oxygen atoms in total. The van der Waals surface area contributed by atoms with E-state index in [0.29, 0.717) is 10.7 Å². The van der Waals surface area contributed by atoms with Crippen LogP contribution in [0.4, 0.5) is 5.69 Å². The molecule has 5 heteroatoms. The molecule has 1 aromatic heterocycles. The molecule has 0 N–H and O–H groups in total. The molecule has 0 saturated carbocycles. The summed E-state index contributed by atoms with van der Waals surface area (Å²) in [4.78, 5) is 22.3. The third kappa shape index (κ3) is 2.52. The van der Waals surface area contributed by atoms with Crippen LogP contribution in [0.1, 0.15) is 24.5 Å². The molecule has 1 amide bonds. The first-order valence-corrected chi connectivity index (χ1v) is 7.06. The minimum absolute atomic E-state index is 0.0960. The zero-order valence-corrected chi connectivity index (χ0v) is 12.6. The van der Waals surface area contributed by atoms with Crippen LogP contribution in [-0.2, 0) is 15.2 Å². The third-order valence-corrected chi connectivity index (χ3v) is 4.08. The molecular formula is C16H15ClN2O2. The number of anilines is 1. The van der Waals surface area contributed by atoms with E-state index in [1.54, 1.807) is 18.5 Å². The van der Waals surface area contributed by atoms with Gasteiger partial charge in [-0.15, -0.1) is 0 Å². The minimum atomic E-state index is -0.706. The van der Waals surface area contributed by atoms with Crippen LogP contribution in [0.15, 0.2) is 42.7 Å². The highest BCUT2D eigenvalue weighted by molar-refractivity contribution is 6.31. The fourth-order valence-corrected chi connectivity index (χ4v) is 2.55. The van der Waals surface area contributed by atoms with E-state index in [2.05, 4.69) is 4.98 Å². The van der Waals surface area contributed by atoms with Gasteiger partial charge in [0.25, 0.3) is 5.91 Å². The van der Waals surface area contributed by atoms with E-state index >= 15 is 0 Å². The molecule has 0 bridgehead atoms. The van der Waals surface area contributed by atoms with Crippen LogP contribution in [0, 0.1) is 6.92 Å². The van der Waals surface area contributed by atoms with Gasteiger partial charge in [-0.25, -0.2) is 0 Å². The molecule has 0 spiro atoms. The Morgan fingerprint density at radius 2 is 2.19 bits per heavy atom. The molecule has 3 rings (SSSR count). The number of benzene rings is 1. The number of rotatable bonds is 2. The van der Waals surface area contributed by atoms with Crippen LogP contribution in [0.2, 0.25) is 5.02 Å². The summed E-state index contributed by atoms with van der Waals surface area (Å²) in [7, 11) is 0. The Kier molecular flexibility index (Phi) is 3.43. The number of carbonyl (C=O) groups excluding carboxylic acids is 1. The van der Waals surface area contributed by atoms with Crippen molar-refractivity contribution in [2.24, 2.45) is 0 Å². The Balaban J connectivity index is 1.93. The quantitative estimate of drug-likeness (QED) is 0.851. The van der Waals surface area contributed by atoms with E-state index in [1.807, 2.05) is 38.1 Å². The molecule has 21 heavy (non-hydrogen) atoms. The number of hydrogen-bond donors (Lipinski definition) is 0. The Morgan fingerprint density at radius 3 is 2.86 bits per heavy atom. The van der Waals surface area contributed by atoms with E-state index in [0.717, 1.165) is 11.1 Å². The van der Waals surface area contributed by atoms with Gasteiger partial charge >= 0.3 is 0 Å². The van der Waals surface area contributed by atoms with Crippen LogP contribution in [0.25, 0.3) is 0 Å². The van der Waals surface area contributed by atoms with Gasteiger partial charge in [0.1, 0.15) is 5.60 Å². The Labute approximate surface area is 128 Å². The van der Waals surface area contributed by atoms with E-state index < -0.39 is 5.60 Å². The number of nitrogens with zero attached hydrogens (tertiary/aromatic N) is 2. The first-order valence-electron chi connectivity index (χ1n) is 6.68. The second kappa shape index (κ2) is 5.13. The van der Waals surface area contributed by atoms with Gasteiger partial charge in [-0.05, 0) is 37.6 Å². The van der Waals surface area contributed by atoms with Gasteiger partial charge < -0.3 is 0 Å². The van der Waals surface area contributed by atoms with Crippen molar-refractivity contribution in [3.63, 3.8) is 0 Å². The lowest BCUT2D eigenvalue weighted by Crippen LogP contribution is -2.26. The van der Waals surface area contributed by atoms with E-state index in [-0.39, 0.29) is 12.3 Å². The smallest absolute Gasteiger partial charge is 0.254 e. The number of halogens is 1. The molecule has 1 aliphatic heterocycles. The van der Waals surface area contributed by atoms with Gasteiger partial charge in [0.2, 0.25) is 0 Å². The molecule has 1 aliphatic rings. The normalized spacial score (nSPS) is 21.9. The molecule has 1 atom stereocenters. The Hall–Kier alpha value is -1.91. The Bertz CT molecular complexity index is 690. The maximum atomic E-state index is 12.3. The van der Waals surface area contributed by atoms with Gasteiger partial charge in [-0.3, -0.25) is 14.6 Å². The SMILES string of the molecule is Cc1ccc(N2OC(C)(c3cccnc3)CC2=O)cc1Cl. The van der Waals surface area contributed by atoms with Gasteiger partial charge in [-0.1, -0.05) is 23.7 Å². The van der Waals surface area contributed by atoms with Crippen LogP contribution in [0.3, 0.4) is 0 Å². The summed E-state index contributed by atoms with van der Waals surface area (Å²) in [5, 5.41) is 1.93. The highest BCUT2D eigenvalue weighted by Crippen LogP contribution is 2.39. The van der Waals surface area contributed by atoms with Crippen LogP contribution in [0.5, 0.6) is 0 Å². The zero-order chi connectivity index (χ0) is 15.0. The van der Waals surface area contributed by atoms with Gasteiger partial charge in [0.05, 0.1) is 12.1 Å². The largest absolute Gasteiger partial charge is 0.272 e. The second-order valence-electron chi connectivity index (χ2n) is 5.36. The molecule has 1 aromatic carbocycles. The number of hydrogen-bond acceptors (Lipinski definition) is 3. The lowest BCUT2D eigenvalue weighted by Gasteiger charge is -2.24. The summed E-state index contributed by atoms with van der Waals surface area (Å²) < 4.78 is 0. The minimum Gasteiger partial charge on any atom is -0.272 e.